The number of thioether (sulfide) groups is 1. The fourth-order valence-electron chi connectivity index (χ4n) is 3.65. The lowest BCUT2D eigenvalue weighted by atomic mass is 10.0. The van der Waals surface area contributed by atoms with E-state index < -0.39 is 12.1 Å². The predicted octanol–water partition coefficient (Wildman–Crippen LogP) is -2.34. The summed E-state index contributed by atoms with van der Waals surface area (Å²) in [5, 5.41) is 2.90. The molecule has 4 atom stereocenters. The zero-order chi connectivity index (χ0) is 15.1. The van der Waals surface area contributed by atoms with E-state index in [-0.39, 0.29) is 29.8 Å². The molecule has 0 aromatic carbocycles. The SMILES string of the molecule is CSCC(=O)N[C@H]1CCN2C(=O)[C@@H]3[C@@H]([NH3+])CCN3C(=O)[C@H]12. The summed E-state index contributed by atoms with van der Waals surface area (Å²) < 4.78 is 0. The molecule has 0 bridgehead atoms. The molecule has 3 amide bonds. The van der Waals surface area contributed by atoms with Crippen LogP contribution in [0.1, 0.15) is 12.8 Å². The van der Waals surface area contributed by atoms with Gasteiger partial charge in [0.2, 0.25) is 11.8 Å². The van der Waals surface area contributed by atoms with Crippen LogP contribution in [0.5, 0.6) is 0 Å². The Morgan fingerprint density at radius 1 is 1.24 bits per heavy atom. The molecule has 8 heteroatoms. The smallest absolute Gasteiger partial charge is 0.252 e. The van der Waals surface area contributed by atoms with E-state index in [4.69, 9.17) is 0 Å². The van der Waals surface area contributed by atoms with Crippen molar-refractivity contribution in [3.05, 3.63) is 0 Å². The quantitative estimate of drug-likeness (QED) is 0.610. The van der Waals surface area contributed by atoms with Crippen molar-refractivity contribution in [3.8, 4) is 0 Å². The van der Waals surface area contributed by atoms with Crippen LogP contribution in [0.4, 0.5) is 0 Å². The Kier molecular flexibility index (Phi) is 3.83. The maximum atomic E-state index is 12.7. The van der Waals surface area contributed by atoms with Crippen molar-refractivity contribution in [2.75, 3.05) is 25.1 Å². The number of rotatable bonds is 3. The molecular formula is C13H21N4O3S+. The zero-order valence-electron chi connectivity index (χ0n) is 12.1. The Labute approximate surface area is 127 Å². The lowest BCUT2D eigenvalue weighted by Crippen LogP contribution is -2.73. The van der Waals surface area contributed by atoms with Gasteiger partial charge in [-0.1, -0.05) is 0 Å². The maximum absolute atomic E-state index is 12.7. The number of piperazine rings is 1. The number of amides is 3. The van der Waals surface area contributed by atoms with Gasteiger partial charge in [0.05, 0.1) is 11.8 Å². The number of carbonyl (C=O) groups is 3. The summed E-state index contributed by atoms with van der Waals surface area (Å²) in [5.74, 6) is 0.267. The highest BCUT2D eigenvalue weighted by atomic mass is 32.2. The molecule has 4 N–H and O–H groups in total. The molecule has 21 heavy (non-hydrogen) atoms. The zero-order valence-corrected chi connectivity index (χ0v) is 12.9. The third-order valence-electron chi connectivity index (χ3n) is 4.62. The lowest BCUT2D eigenvalue weighted by Gasteiger charge is -2.40. The van der Waals surface area contributed by atoms with Crippen LogP contribution < -0.4 is 11.1 Å². The average Bonchev–Trinajstić information content (AvgIpc) is 3.01. The molecule has 0 spiro atoms. The maximum Gasteiger partial charge on any atom is 0.252 e. The Hall–Kier alpha value is -1.28. The molecular weight excluding hydrogens is 292 g/mol. The number of hydrogen-bond acceptors (Lipinski definition) is 4. The monoisotopic (exact) mass is 313 g/mol. The van der Waals surface area contributed by atoms with Gasteiger partial charge in [0, 0.05) is 19.5 Å². The number of hydrogen-bond donors (Lipinski definition) is 2. The van der Waals surface area contributed by atoms with Gasteiger partial charge in [-0.25, -0.2) is 0 Å². The summed E-state index contributed by atoms with van der Waals surface area (Å²) in [5.41, 5.74) is 4.00. The van der Waals surface area contributed by atoms with Gasteiger partial charge < -0.3 is 20.9 Å². The van der Waals surface area contributed by atoms with Crippen molar-refractivity contribution in [1.82, 2.24) is 15.1 Å². The van der Waals surface area contributed by atoms with Gasteiger partial charge in [0.15, 0.2) is 6.04 Å². The van der Waals surface area contributed by atoms with Gasteiger partial charge in [-0.05, 0) is 12.7 Å². The fraction of sp³-hybridized carbons (Fsp3) is 0.769. The molecule has 3 fully saturated rings. The van der Waals surface area contributed by atoms with E-state index >= 15 is 0 Å². The van der Waals surface area contributed by atoms with Crippen molar-refractivity contribution in [1.29, 1.82) is 0 Å². The van der Waals surface area contributed by atoms with Gasteiger partial charge in [-0.3, -0.25) is 14.4 Å². The Balaban J connectivity index is 1.78. The van der Waals surface area contributed by atoms with E-state index in [9.17, 15) is 14.4 Å². The Bertz CT molecular complexity index is 486. The molecule has 3 aliphatic heterocycles. The van der Waals surface area contributed by atoms with E-state index in [0.29, 0.717) is 25.3 Å². The second-order valence-electron chi connectivity index (χ2n) is 5.90. The van der Waals surface area contributed by atoms with Gasteiger partial charge >= 0.3 is 0 Å². The van der Waals surface area contributed by atoms with Gasteiger partial charge in [0.25, 0.3) is 5.91 Å². The van der Waals surface area contributed by atoms with Crippen LogP contribution in [-0.4, -0.2) is 76.8 Å². The lowest BCUT2D eigenvalue weighted by molar-refractivity contribution is -0.420. The fourth-order valence-corrected chi connectivity index (χ4v) is 4.00. The highest BCUT2D eigenvalue weighted by molar-refractivity contribution is 7.99. The molecule has 0 unspecified atom stereocenters. The van der Waals surface area contributed by atoms with E-state index in [0.717, 1.165) is 6.42 Å². The summed E-state index contributed by atoms with van der Waals surface area (Å²) in [6, 6.07) is -1.20. The highest BCUT2D eigenvalue weighted by Crippen LogP contribution is 2.31. The number of carbonyl (C=O) groups excluding carboxylic acids is 3. The molecule has 0 radical (unpaired) electrons. The van der Waals surface area contributed by atoms with Gasteiger partial charge in [-0.15, -0.1) is 0 Å². The van der Waals surface area contributed by atoms with Crippen LogP contribution in [-0.2, 0) is 14.4 Å². The summed E-state index contributed by atoms with van der Waals surface area (Å²) in [4.78, 5) is 40.3. The average molecular weight is 313 g/mol. The van der Waals surface area contributed by atoms with E-state index in [1.165, 1.54) is 11.8 Å². The first-order valence-electron chi connectivity index (χ1n) is 7.27. The van der Waals surface area contributed by atoms with Crippen molar-refractivity contribution in [3.63, 3.8) is 0 Å². The standard InChI is InChI=1S/C13H20N4O3S/c1-21-6-9(18)15-8-3-5-17-11(8)13(20)16-4-2-7(14)10(16)12(17)19/h7-8,10-11H,2-6,14H2,1H3,(H,15,18)/p+1/t7-,8-,10-,11-/m0/s1. The Morgan fingerprint density at radius 3 is 2.57 bits per heavy atom. The topological polar surface area (TPSA) is 97.4 Å². The minimum atomic E-state index is -0.523. The molecule has 0 aromatic heterocycles. The normalized spacial score (nSPS) is 35.0. The third kappa shape index (κ3) is 2.30. The van der Waals surface area contributed by atoms with Crippen LogP contribution in [0.3, 0.4) is 0 Å². The molecule has 7 nitrogen and oxygen atoms in total. The van der Waals surface area contributed by atoms with Crippen LogP contribution in [0.25, 0.3) is 0 Å². The molecule has 0 aliphatic carbocycles. The molecule has 3 aliphatic rings. The molecule has 3 saturated heterocycles. The number of nitrogens with one attached hydrogen (secondary N) is 1. The van der Waals surface area contributed by atoms with Crippen LogP contribution >= 0.6 is 11.8 Å². The van der Waals surface area contributed by atoms with Crippen LogP contribution in [0, 0.1) is 0 Å². The second-order valence-corrected chi connectivity index (χ2v) is 6.76. The minimum Gasteiger partial charge on any atom is -0.353 e. The first-order chi connectivity index (χ1) is 10.0. The van der Waals surface area contributed by atoms with Crippen molar-refractivity contribution >= 4 is 29.5 Å². The number of quaternary nitrogens is 1. The number of fused-ring (bicyclic) bond motifs is 2. The van der Waals surface area contributed by atoms with E-state index in [1.807, 2.05) is 6.26 Å². The highest BCUT2D eigenvalue weighted by Gasteiger charge is 2.56. The van der Waals surface area contributed by atoms with Gasteiger partial charge in [-0.2, -0.15) is 11.8 Å². The summed E-state index contributed by atoms with van der Waals surface area (Å²) in [7, 11) is 0. The van der Waals surface area contributed by atoms with Crippen LogP contribution in [0.15, 0.2) is 0 Å². The summed E-state index contributed by atoms with van der Waals surface area (Å²) in [6.07, 6.45) is 3.27. The van der Waals surface area contributed by atoms with Gasteiger partial charge in [0.1, 0.15) is 12.1 Å². The second kappa shape index (κ2) is 5.49. The molecule has 0 aromatic rings. The third-order valence-corrected chi connectivity index (χ3v) is 5.17. The van der Waals surface area contributed by atoms with Crippen molar-refractivity contribution in [2.45, 2.75) is 37.0 Å². The Morgan fingerprint density at radius 2 is 1.86 bits per heavy atom. The molecule has 3 rings (SSSR count). The molecule has 0 saturated carbocycles. The largest absolute Gasteiger partial charge is 0.353 e. The van der Waals surface area contributed by atoms with E-state index in [1.54, 1.807) is 9.80 Å². The molecule has 3 heterocycles. The first kappa shape index (κ1) is 14.6. The van der Waals surface area contributed by atoms with E-state index in [2.05, 4.69) is 11.1 Å². The first-order valence-corrected chi connectivity index (χ1v) is 8.66. The van der Waals surface area contributed by atoms with Crippen molar-refractivity contribution in [2.24, 2.45) is 0 Å². The summed E-state index contributed by atoms with van der Waals surface area (Å²) >= 11 is 1.44. The van der Waals surface area contributed by atoms with Crippen LogP contribution in [0.2, 0.25) is 0 Å². The predicted molar refractivity (Wildman–Crippen MR) is 77.2 cm³/mol. The number of nitrogens with zero attached hydrogens (tertiary/aromatic N) is 2. The van der Waals surface area contributed by atoms with Crippen molar-refractivity contribution < 1.29 is 20.1 Å². The summed E-state index contributed by atoms with van der Waals surface area (Å²) in [6.45, 7) is 1.13. The minimum absolute atomic E-state index is 0.00119. The molecule has 116 valence electrons.